The summed E-state index contributed by atoms with van der Waals surface area (Å²) in [5.74, 6) is -0.330. The van der Waals surface area contributed by atoms with Crippen molar-refractivity contribution in [2.45, 2.75) is 6.92 Å². The molecule has 108 valence electrons. The third kappa shape index (κ3) is 4.07. The van der Waals surface area contributed by atoms with E-state index in [9.17, 15) is 9.59 Å². The summed E-state index contributed by atoms with van der Waals surface area (Å²) in [5, 5.41) is 2.61. The number of hydrogen-bond donors (Lipinski definition) is 2. The first-order valence-corrected chi connectivity index (χ1v) is 6.44. The van der Waals surface area contributed by atoms with Crippen LogP contribution in [-0.4, -0.2) is 18.4 Å². The maximum Gasteiger partial charge on any atom is 0.262 e. The Morgan fingerprint density at radius 1 is 1.14 bits per heavy atom. The lowest BCUT2D eigenvalue weighted by Crippen LogP contribution is -2.22. The first-order chi connectivity index (χ1) is 10.1. The van der Waals surface area contributed by atoms with Crippen LogP contribution < -0.4 is 15.8 Å². The van der Waals surface area contributed by atoms with Gasteiger partial charge in [-0.1, -0.05) is 24.3 Å². The molecule has 0 aliphatic rings. The van der Waals surface area contributed by atoms with Gasteiger partial charge in [-0.2, -0.15) is 0 Å². The number of para-hydroxylation sites is 1. The van der Waals surface area contributed by atoms with Crippen LogP contribution in [0.4, 0.5) is 5.69 Å². The first-order valence-electron chi connectivity index (χ1n) is 6.44. The van der Waals surface area contributed by atoms with E-state index in [-0.39, 0.29) is 18.1 Å². The number of aryl methyl sites for hydroxylation is 1. The molecule has 0 aliphatic carbocycles. The van der Waals surface area contributed by atoms with Crippen molar-refractivity contribution in [3.05, 3.63) is 59.7 Å². The summed E-state index contributed by atoms with van der Waals surface area (Å²) in [5.41, 5.74) is 6.94. The SMILES string of the molecule is Cc1cccc(OCC(=O)Nc2ccccc2C(N)=O)c1. The van der Waals surface area contributed by atoms with Crippen molar-refractivity contribution >= 4 is 17.5 Å². The van der Waals surface area contributed by atoms with Crippen LogP contribution in [0.15, 0.2) is 48.5 Å². The molecule has 0 saturated carbocycles. The summed E-state index contributed by atoms with van der Waals surface area (Å²) in [4.78, 5) is 23.1. The number of hydrogen-bond acceptors (Lipinski definition) is 3. The van der Waals surface area contributed by atoms with E-state index in [1.807, 2.05) is 25.1 Å². The van der Waals surface area contributed by atoms with Crippen LogP contribution in [0.5, 0.6) is 5.75 Å². The normalized spacial score (nSPS) is 9.95. The third-order valence-electron chi connectivity index (χ3n) is 2.83. The Bertz CT molecular complexity index is 668. The molecular formula is C16H16N2O3. The second-order valence-corrected chi connectivity index (χ2v) is 4.56. The second-order valence-electron chi connectivity index (χ2n) is 4.56. The molecule has 0 unspecified atom stereocenters. The van der Waals surface area contributed by atoms with Gasteiger partial charge in [-0.05, 0) is 36.8 Å². The summed E-state index contributed by atoms with van der Waals surface area (Å²) in [6.07, 6.45) is 0. The number of ether oxygens (including phenoxy) is 1. The molecule has 2 amide bonds. The van der Waals surface area contributed by atoms with Crippen molar-refractivity contribution in [3.63, 3.8) is 0 Å². The number of amides is 2. The van der Waals surface area contributed by atoms with E-state index >= 15 is 0 Å². The van der Waals surface area contributed by atoms with Crippen LogP contribution in [0.2, 0.25) is 0 Å². The third-order valence-corrected chi connectivity index (χ3v) is 2.83. The molecule has 0 aliphatic heterocycles. The van der Waals surface area contributed by atoms with Gasteiger partial charge in [-0.3, -0.25) is 9.59 Å². The lowest BCUT2D eigenvalue weighted by atomic mass is 10.1. The van der Waals surface area contributed by atoms with Crippen LogP contribution in [-0.2, 0) is 4.79 Å². The molecule has 0 bridgehead atoms. The number of rotatable bonds is 5. The standard InChI is InChI=1S/C16H16N2O3/c1-11-5-4-6-12(9-11)21-10-15(19)18-14-8-3-2-7-13(14)16(17)20/h2-9H,10H2,1H3,(H2,17,20)(H,18,19). The number of carbonyl (C=O) groups excluding carboxylic acids is 2. The molecule has 0 saturated heterocycles. The van der Waals surface area contributed by atoms with Gasteiger partial charge in [0.2, 0.25) is 0 Å². The molecule has 3 N–H and O–H groups in total. The minimum absolute atomic E-state index is 0.142. The molecule has 0 fully saturated rings. The molecule has 0 radical (unpaired) electrons. The van der Waals surface area contributed by atoms with E-state index in [0.29, 0.717) is 11.4 Å². The highest BCUT2D eigenvalue weighted by Crippen LogP contribution is 2.15. The molecule has 5 nitrogen and oxygen atoms in total. The average Bonchev–Trinajstić information content (AvgIpc) is 2.45. The lowest BCUT2D eigenvalue weighted by Gasteiger charge is -2.10. The Morgan fingerprint density at radius 2 is 1.90 bits per heavy atom. The predicted molar refractivity (Wildman–Crippen MR) is 80.3 cm³/mol. The van der Waals surface area contributed by atoms with Crippen LogP contribution in [0.3, 0.4) is 0 Å². The fourth-order valence-corrected chi connectivity index (χ4v) is 1.85. The highest BCUT2D eigenvalue weighted by Gasteiger charge is 2.10. The molecule has 0 heterocycles. The number of carbonyl (C=O) groups is 2. The maximum atomic E-state index is 11.9. The zero-order valence-electron chi connectivity index (χ0n) is 11.6. The molecule has 2 aromatic rings. The molecule has 2 aromatic carbocycles. The van der Waals surface area contributed by atoms with E-state index < -0.39 is 5.91 Å². The Kier molecular flexibility index (Phi) is 4.56. The smallest absolute Gasteiger partial charge is 0.262 e. The van der Waals surface area contributed by atoms with Gasteiger partial charge in [-0.25, -0.2) is 0 Å². The van der Waals surface area contributed by atoms with Crippen molar-refractivity contribution in [1.29, 1.82) is 0 Å². The van der Waals surface area contributed by atoms with E-state index in [0.717, 1.165) is 5.56 Å². The fourth-order valence-electron chi connectivity index (χ4n) is 1.85. The van der Waals surface area contributed by atoms with Crippen LogP contribution >= 0.6 is 0 Å². The molecule has 2 rings (SSSR count). The van der Waals surface area contributed by atoms with Crippen molar-refractivity contribution in [2.75, 3.05) is 11.9 Å². The number of nitrogens with one attached hydrogen (secondary N) is 1. The number of primary amides is 1. The minimum Gasteiger partial charge on any atom is -0.484 e. The minimum atomic E-state index is -0.592. The molecule has 0 spiro atoms. The Hall–Kier alpha value is -2.82. The van der Waals surface area contributed by atoms with Crippen LogP contribution in [0.1, 0.15) is 15.9 Å². The number of anilines is 1. The van der Waals surface area contributed by atoms with Crippen molar-refractivity contribution in [1.82, 2.24) is 0 Å². The van der Waals surface area contributed by atoms with Gasteiger partial charge in [0.1, 0.15) is 5.75 Å². The largest absolute Gasteiger partial charge is 0.484 e. The van der Waals surface area contributed by atoms with E-state index in [2.05, 4.69) is 5.32 Å². The highest BCUT2D eigenvalue weighted by molar-refractivity contribution is 6.03. The van der Waals surface area contributed by atoms with Gasteiger partial charge in [0.25, 0.3) is 11.8 Å². The molecule has 0 atom stereocenters. The van der Waals surface area contributed by atoms with Gasteiger partial charge < -0.3 is 15.8 Å². The quantitative estimate of drug-likeness (QED) is 0.882. The van der Waals surface area contributed by atoms with Gasteiger partial charge >= 0.3 is 0 Å². The van der Waals surface area contributed by atoms with Crippen molar-refractivity contribution in [2.24, 2.45) is 5.73 Å². The zero-order valence-corrected chi connectivity index (χ0v) is 11.6. The summed E-state index contributed by atoms with van der Waals surface area (Å²) in [7, 11) is 0. The van der Waals surface area contributed by atoms with Crippen molar-refractivity contribution in [3.8, 4) is 5.75 Å². The Labute approximate surface area is 122 Å². The maximum absolute atomic E-state index is 11.9. The molecular weight excluding hydrogens is 268 g/mol. The van der Waals surface area contributed by atoms with Gasteiger partial charge in [0.15, 0.2) is 6.61 Å². The summed E-state index contributed by atoms with van der Waals surface area (Å²) < 4.78 is 5.39. The number of nitrogens with two attached hydrogens (primary N) is 1. The van der Waals surface area contributed by atoms with Crippen LogP contribution in [0, 0.1) is 6.92 Å². The Morgan fingerprint density at radius 3 is 2.62 bits per heavy atom. The lowest BCUT2D eigenvalue weighted by molar-refractivity contribution is -0.118. The Balaban J connectivity index is 1.98. The summed E-state index contributed by atoms with van der Waals surface area (Å²) in [6.45, 7) is 1.80. The van der Waals surface area contributed by atoms with E-state index in [1.165, 1.54) is 0 Å². The van der Waals surface area contributed by atoms with Gasteiger partial charge in [0.05, 0.1) is 11.3 Å². The van der Waals surface area contributed by atoms with E-state index in [1.54, 1.807) is 30.3 Å². The summed E-state index contributed by atoms with van der Waals surface area (Å²) >= 11 is 0. The summed E-state index contributed by atoms with van der Waals surface area (Å²) in [6, 6.07) is 14.0. The monoisotopic (exact) mass is 284 g/mol. The van der Waals surface area contributed by atoms with Crippen molar-refractivity contribution < 1.29 is 14.3 Å². The predicted octanol–water partition coefficient (Wildman–Crippen LogP) is 2.11. The average molecular weight is 284 g/mol. The zero-order chi connectivity index (χ0) is 15.2. The van der Waals surface area contributed by atoms with Crippen LogP contribution in [0.25, 0.3) is 0 Å². The highest BCUT2D eigenvalue weighted by atomic mass is 16.5. The fraction of sp³-hybridized carbons (Fsp3) is 0.125. The second kappa shape index (κ2) is 6.56. The molecule has 0 aromatic heterocycles. The first kappa shape index (κ1) is 14.6. The molecule has 21 heavy (non-hydrogen) atoms. The topological polar surface area (TPSA) is 81.4 Å². The van der Waals surface area contributed by atoms with Gasteiger partial charge in [-0.15, -0.1) is 0 Å². The van der Waals surface area contributed by atoms with E-state index in [4.69, 9.17) is 10.5 Å². The van der Waals surface area contributed by atoms with Gasteiger partial charge in [0, 0.05) is 0 Å². The molecule has 5 heteroatoms. The number of benzene rings is 2.